The van der Waals surface area contributed by atoms with Crippen molar-refractivity contribution in [1.29, 1.82) is 0 Å². The maximum Gasteiger partial charge on any atom is 0.306 e. The van der Waals surface area contributed by atoms with Crippen LogP contribution in [0.2, 0.25) is 0 Å². The van der Waals surface area contributed by atoms with Crippen LogP contribution in [0.25, 0.3) is 0 Å². The monoisotopic (exact) mass is 929 g/mol. The Labute approximate surface area is 412 Å². The zero-order valence-corrected chi connectivity index (χ0v) is 43.4. The molecule has 0 aromatic rings. The Morgan fingerprint density at radius 3 is 0.940 bits per heavy atom. The number of hydrogen-bond donors (Lipinski definition) is 0. The Morgan fingerprint density at radius 1 is 0.313 bits per heavy atom. The molecule has 380 valence electrons. The van der Waals surface area contributed by atoms with Gasteiger partial charge in [0.05, 0.1) is 0 Å². The van der Waals surface area contributed by atoms with E-state index in [1.807, 2.05) is 0 Å². The zero-order chi connectivity index (χ0) is 48.6. The molecule has 0 aliphatic rings. The van der Waals surface area contributed by atoms with E-state index < -0.39 is 6.10 Å². The van der Waals surface area contributed by atoms with Crippen LogP contribution in [0.15, 0.2) is 109 Å². The van der Waals surface area contributed by atoms with Gasteiger partial charge in [0.2, 0.25) is 0 Å². The molecule has 0 saturated heterocycles. The average molecular weight is 929 g/mol. The van der Waals surface area contributed by atoms with Gasteiger partial charge >= 0.3 is 17.9 Å². The van der Waals surface area contributed by atoms with Gasteiger partial charge in [0.25, 0.3) is 0 Å². The standard InChI is InChI=1S/C61H100O6/c1-4-7-10-13-16-19-22-25-28-29-30-31-34-36-39-42-45-48-51-54-60(63)66-57-58(67-61(64)55-52-49-46-43-40-37-33-27-24-21-18-15-12-9-6-3)56-65-59(62)53-50-47-44-41-38-35-32-26-23-20-17-14-11-8-5-2/h8-9,11-12,16-21,25-28,32-33,40,43,58H,4-7,10,13-15,22-24,29-31,34-39,41-42,44-57H2,1-3H3/b11-8-,12-9-,19-16-,20-17-,21-18-,28-25-,32-26-,33-27-,43-40-. The summed E-state index contributed by atoms with van der Waals surface area (Å²) < 4.78 is 16.8. The van der Waals surface area contributed by atoms with Gasteiger partial charge in [-0.25, -0.2) is 0 Å². The third-order valence-corrected chi connectivity index (χ3v) is 11.2. The lowest BCUT2D eigenvalue weighted by atomic mass is 10.1. The molecule has 0 rings (SSSR count). The van der Waals surface area contributed by atoms with Crippen LogP contribution >= 0.6 is 0 Å². The Morgan fingerprint density at radius 2 is 0.582 bits per heavy atom. The first-order chi connectivity index (χ1) is 33.0. The third kappa shape index (κ3) is 52.9. The van der Waals surface area contributed by atoms with Crippen molar-refractivity contribution in [3.05, 3.63) is 109 Å². The topological polar surface area (TPSA) is 78.9 Å². The Kier molecular flexibility index (Phi) is 51.5. The molecule has 0 saturated carbocycles. The van der Waals surface area contributed by atoms with Crippen LogP contribution in [-0.4, -0.2) is 37.2 Å². The van der Waals surface area contributed by atoms with Crippen molar-refractivity contribution >= 4 is 17.9 Å². The summed E-state index contributed by atoms with van der Waals surface area (Å²) in [5, 5.41) is 0. The summed E-state index contributed by atoms with van der Waals surface area (Å²) in [6.45, 7) is 6.33. The molecular formula is C61H100O6. The Hall–Kier alpha value is -3.93. The van der Waals surface area contributed by atoms with Crippen molar-refractivity contribution in [2.45, 2.75) is 245 Å². The second kappa shape index (κ2) is 54.7. The summed E-state index contributed by atoms with van der Waals surface area (Å²) in [5.74, 6) is -0.970. The molecule has 0 aliphatic heterocycles. The van der Waals surface area contributed by atoms with Gasteiger partial charge in [0.15, 0.2) is 6.10 Å². The van der Waals surface area contributed by atoms with Crippen molar-refractivity contribution in [3.63, 3.8) is 0 Å². The first kappa shape index (κ1) is 63.1. The molecular weight excluding hydrogens is 829 g/mol. The lowest BCUT2D eigenvalue weighted by molar-refractivity contribution is -0.167. The summed E-state index contributed by atoms with van der Waals surface area (Å²) in [6.07, 6.45) is 73.6. The Balaban J connectivity index is 4.47. The molecule has 6 heteroatoms. The van der Waals surface area contributed by atoms with Gasteiger partial charge in [-0.2, -0.15) is 0 Å². The van der Waals surface area contributed by atoms with E-state index in [1.165, 1.54) is 70.6 Å². The van der Waals surface area contributed by atoms with Gasteiger partial charge in [-0.1, -0.05) is 207 Å². The smallest absolute Gasteiger partial charge is 0.306 e. The highest BCUT2D eigenvalue weighted by Gasteiger charge is 2.19. The van der Waals surface area contributed by atoms with Crippen molar-refractivity contribution in [2.75, 3.05) is 13.2 Å². The van der Waals surface area contributed by atoms with E-state index in [0.29, 0.717) is 19.3 Å². The molecule has 1 unspecified atom stereocenters. The van der Waals surface area contributed by atoms with E-state index in [4.69, 9.17) is 14.2 Å². The average Bonchev–Trinajstić information content (AvgIpc) is 3.33. The minimum atomic E-state index is -0.811. The lowest BCUT2D eigenvalue weighted by Crippen LogP contribution is -2.30. The number of esters is 3. The van der Waals surface area contributed by atoms with Crippen molar-refractivity contribution in [3.8, 4) is 0 Å². The summed E-state index contributed by atoms with van der Waals surface area (Å²) in [7, 11) is 0. The van der Waals surface area contributed by atoms with E-state index in [0.717, 1.165) is 122 Å². The molecule has 0 bridgehead atoms. The fourth-order valence-corrected chi connectivity index (χ4v) is 7.18. The number of allylic oxidation sites excluding steroid dienone is 18. The maximum absolute atomic E-state index is 12.8. The molecule has 0 fully saturated rings. The van der Waals surface area contributed by atoms with Gasteiger partial charge in [0, 0.05) is 19.3 Å². The molecule has 0 spiro atoms. The normalized spacial score (nSPS) is 12.9. The van der Waals surface area contributed by atoms with Crippen LogP contribution in [0.5, 0.6) is 0 Å². The summed E-state index contributed by atoms with van der Waals surface area (Å²) in [6, 6.07) is 0. The summed E-state index contributed by atoms with van der Waals surface area (Å²) in [4.78, 5) is 38.1. The molecule has 6 nitrogen and oxygen atoms in total. The number of ether oxygens (including phenoxy) is 3. The predicted molar refractivity (Wildman–Crippen MR) is 288 cm³/mol. The Bertz CT molecular complexity index is 1390. The third-order valence-electron chi connectivity index (χ3n) is 11.2. The molecule has 0 heterocycles. The predicted octanol–water partition coefficient (Wildman–Crippen LogP) is 18.3. The number of carbonyl (C=O) groups excluding carboxylic acids is 3. The highest BCUT2D eigenvalue weighted by Crippen LogP contribution is 2.14. The van der Waals surface area contributed by atoms with Crippen molar-refractivity contribution in [1.82, 2.24) is 0 Å². The number of hydrogen-bond acceptors (Lipinski definition) is 6. The molecule has 0 amide bonds. The van der Waals surface area contributed by atoms with E-state index in [-0.39, 0.29) is 37.5 Å². The highest BCUT2D eigenvalue weighted by atomic mass is 16.6. The van der Waals surface area contributed by atoms with Gasteiger partial charge in [-0.15, -0.1) is 0 Å². The maximum atomic E-state index is 12.8. The summed E-state index contributed by atoms with van der Waals surface area (Å²) >= 11 is 0. The molecule has 0 aromatic carbocycles. The van der Waals surface area contributed by atoms with Crippen molar-refractivity contribution < 1.29 is 28.6 Å². The fourth-order valence-electron chi connectivity index (χ4n) is 7.18. The van der Waals surface area contributed by atoms with E-state index in [2.05, 4.69) is 130 Å². The zero-order valence-electron chi connectivity index (χ0n) is 43.4. The van der Waals surface area contributed by atoms with E-state index in [9.17, 15) is 14.4 Å². The SMILES string of the molecule is CC/C=C\C/C=C\C/C=C\C/C=C\CCCCC(=O)OC(COC(=O)CCCCCCC/C=C\C/C=C\C/C=C\CC)COC(=O)CCCCCCCCCCC/C=C\C/C=C\CCCCC. The largest absolute Gasteiger partial charge is 0.462 e. The second-order valence-electron chi connectivity index (χ2n) is 17.7. The minimum absolute atomic E-state index is 0.104. The number of carbonyl (C=O) groups is 3. The highest BCUT2D eigenvalue weighted by molar-refractivity contribution is 5.71. The van der Waals surface area contributed by atoms with Crippen LogP contribution in [0.3, 0.4) is 0 Å². The minimum Gasteiger partial charge on any atom is -0.462 e. The molecule has 67 heavy (non-hydrogen) atoms. The van der Waals surface area contributed by atoms with Gasteiger partial charge in [-0.05, 0) is 122 Å². The second-order valence-corrected chi connectivity index (χ2v) is 17.7. The first-order valence-electron chi connectivity index (χ1n) is 27.4. The van der Waals surface area contributed by atoms with Gasteiger partial charge in [0.1, 0.15) is 13.2 Å². The van der Waals surface area contributed by atoms with Crippen LogP contribution in [0.1, 0.15) is 239 Å². The van der Waals surface area contributed by atoms with E-state index >= 15 is 0 Å². The van der Waals surface area contributed by atoms with E-state index in [1.54, 1.807) is 0 Å². The van der Waals surface area contributed by atoms with Gasteiger partial charge in [-0.3, -0.25) is 14.4 Å². The quantitative estimate of drug-likeness (QED) is 0.0262. The fraction of sp³-hybridized carbons (Fsp3) is 0.656. The first-order valence-corrected chi connectivity index (χ1v) is 27.4. The van der Waals surface area contributed by atoms with Gasteiger partial charge < -0.3 is 14.2 Å². The van der Waals surface area contributed by atoms with Crippen molar-refractivity contribution in [2.24, 2.45) is 0 Å². The molecule has 1 atom stereocenters. The molecule has 0 radical (unpaired) electrons. The number of unbranched alkanes of at least 4 members (excludes halogenated alkanes) is 19. The summed E-state index contributed by atoms with van der Waals surface area (Å²) in [5.41, 5.74) is 0. The van der Waals surface area contributed by atoms with Crippen LogP contribution < -0.4 is 0 Å². The lowest BCUT2D eigenvalue weighted by Gasteiger charge is -2.18. The van der Waals surface area contributed by atoms with Crippen LogP contribution in [0, 0.1) is 0 Å². The van der Waals surface area contributed by atoms with Crippen LogP contribution in [0.4, 0.5) is 0 Å². The van der Waals surface area contributed by atoms with Crippen LogP contribution in [-0.2, 0) is 28.6 Å². The molecule has 0 N–H and O–H groups in total. The molecule has 0 aliphatic carbocycles. The molecule has 0 aromatic heterocycles. The number of rotatable bonds is 48.